The van der Waals surface area contributed by atoms with Crippen LogP contribution in [0.4, 0.5) is 13.2 Å². The van der Waals surface area contributed by atoms with Gasteiger partial charge in [0.1, 0.15) is 17.2 Å². The number of fused-ring (bicyclic) bond motifs is 1. The van der Waals surface area contributed by atoms with Crippen LogP contribution in [-0.2, 0) is 12.7 Å². The maximum Gasteiger partial charge on any atom is 0.433 e. The van der Waals surface area contributed by atoms with Crippen LogP contribution in [0.15, 0.2) is 24.7 Å². The molecule has 7 nitrogen and oxygen atoms in total. The Morgan fingerprint density at radius 1 is 1.24 bits per heavy atom. The first kappa shape index (κ1) is 19.3. The van der Waals surface area contributed by atoms with E-state index in [1.54, 1.807) is 11.5 Å². The lowest BCUT2D eigenvalue weighted by Crippen LogP contribution is -2.32. The van der Waals surface area contributed by atoms with Crippen molar-refractivity contribution in [3.8, 4) is 0 Å². The normalized spacial score (nSPS) is 15.5. The van der Waals surface area contributed by atoms with Crippen LogP contribution in [0.1, 0.15) is 53.5 Å². The van der Waals surface area contributed by atoms with Crippen molar-refractivity contribution in [3.63, 3.8) is 0 Å². The third-order valence-corrected chi connectivity index (χ3v) is 4.94. The highest BCUT2D eigenvalue weighted by molar-refractivity contribution is 5.92. The summed E-state index contributed by atoms with van der Waals surface area (Å²) in [5, 5.41) is 2.94. The fourth-order valence-corrected chi connectivity index (χ4v) is 3.31. The van der Waals surface area contributed by atoms with Crippen molar-refractivity contribution in [1.29, 1.82) is 0 Å². The third kappa shape index (κ3) is 3.79. The summed E-state index contributed by atoms with van der Waals surface area (Å²) in [5.41, 5.74) is 0.603. The average Bonchev–Trinajstić information content (AvgIpc) is 3.45. The number of carbonyl (C=O) groups excluding carboxylic acids is 1. The van der Waals surface area contributed by atoms with Crippen molar-refractivity contribution in [1.82, 2.24) is 29.8 Å². The highest BCUT2D eigenvalue weighted by Crippen LogP contribution is 2.41. The molecule has 3 aromatic heterocycles. The predicted octanol–water partition coefficient (Wildman–Crippen LogP) is 3.45. The summed E-state index contributed by atoms with van der Waals surface area (Å²) in [6, 6.07) is 0.523. The van der Waals surface area contributed by atoms with E-state index < -0.39 is 23.8 Å². The predicted molar refractivity (Wildman–Crippen MR) is 97.9 cm³/mol. The van der Waals surface area contributed by atoms with Crippen molar-refractivity contribution < 1.29 is 18.0 Å². The highest BCUT2D eigenvalue weighted by Gasteiger charge is 2.38. The summed E-state index contributed by atoms with van der Waals surface area (Å²) < 4.78 is 40.9. The average molecular weight is 404 g/mol. The molecule has 29 heavy (non-hydrogen) atoms. The van der Waals surface area contributed by atoms with Crippen LogP contribution < -0.4 is 5.32 Å². The lowest BCUT2D eigenvalue weighted by molar-refractivity contribution is -0.141. The van der Waals surface area contributed by atoms with Crippen molar-refractivity contribution in [2.45, 2.75) is 45.5 Å². The van der Waals surface area contributed by atoms with Crippen LogP contribution in [0.2, 0.25) is 0 Å². The van der Waals surface area contributed by atoms with Crippen molar-refractivity contribution in [3.05, 3.63) is 47.6 Å². The summed E-state index contributed by atoms with van der Waals surface area (Å²) >= 11 is 0. The first-order valence-electron chi connectivity index (χ1n) is 9.30. The van der Waals surface area contributed by atoms with Gasteiger partial charge in [-0.3, -0.25) is 9.78 Å². The van der Waals surface area contributed by atoms with Crippen molar-refractivity contribution in [2.75, 3.05) is 0 Å². The fourth-order valence-electron chi connectivity index (χ4n) is 3.31. The smallest absolute Gasteiger partial charge is 0.340 e. The van der Waals surface area contributed by atoms with Crippen LogP contribution in [0.25, 0.3) is 11.0 Å². The molecule has 1 fully saturated rings. The van der Waals surface area contributed by atoms with Crippen LogP contribution in [0.5, 0.6) is 0 Å². The van der Waals surface area contributed by atoms with E-state index in [4.69, 9.17) is 0 Å². The van der Waals surface area contributed by atoms with Crippen molar-refractivity contribution >= 4 is 16.9 Å². The van der Waals surface area contributed by atoms with Crippen LogP contribution in [-0.4, -0.2) is 30.4 Å². The monoisotopic (exact) mass is 404 g/mol. The Labute approximate surface area is 164 Å². The number of hydrogen-bond donors (Lipinski definition) is 1. The Kier molecular flexibility index (Phi) is 4.71. The number of hydrogen-bond acceptors (Lipinski definition) is 5. The van der Waals surface area contributed by atoms with Gasteiger partial charge >= 0.3 is 6.18 Å². The molecule has 0 unspecified atom stereocenters. The summed E-state index contributed by atoms with van der Waals surface area (Å²) in [4.78, 5) is 28.8. The number of carbonyl (C=O) groups is 1. The number of nitrogens with zero attached hydrogens (tertiary/aromatic N) is 5. The first-order chi connectivity index (χ1) is 13.8. The van der Waals surface area contributed by atoms with Crippen LogP contribution in [0.3, 0.4) is 0 Å². The Morgan fingerprint density at radius 3 is 2.59 bits per heavy atom. The van der Waals surface area contributed by atoms with E-state index in [1.165, 1.54) is 18.6 Å². The van der Waals surface area contributed by atoms with Gasteiger partial charge in [0.2, 0.25) is 0 Å². The van der Waals surface area contributed by atoms with Gasteiger partial charge in [-0.25, -0.2) is 15.0 Å². The molecule has 1 amide bonds. The minimum Gasteiger partial charge on any atom is -0.340 e. The van der Waals surface area contributed by atoms with Gasteiger partial charge in [0.05, 0.1) is 35.2 Å². The summed E-state index contributed by atoms with van der Waals surface area (Å²) in [5.74, 6) is 0.312. The number of imidazole rings is 1. The topological polar surface area (TPSA) is 85.6 Å². The quantitative estimate of drug-likeness (QED) is 0.704. The maximum atomic E-state index is 13.0. The Balaban J connectivity index is 1.71. The largest absolute Gasteiger partial charge is 0.433 e. The number of nitrogens with one attached hydrogen (secondary N) is 1. The standard InChI is InChI=1S/C19H19F3N6O/c1-3-28-14-9-25-15(19(20,21)22)6-12(14)26-17(28)16(11-4-5-11)27-18(29)13-8-23-10(2)7-24-13/h6-9,11,16H,3-5H2,1-2H3,(H,27,29)/t16-/m0/s1. The lowest BCUT2D eigenvalue weighted by atomic mass is 10.1. The molecule has 1 atom stereocenters. The fraction of sp³-hybridized carbons (Fsp3) is 0.421. The number of alkyl halides is 3. The molecule has 1 saturated carbocycles. The lowest BCUT2D eigenvalue weighted by Gasteiger charge is -2.19. The Morgan fingerprint density at radius 2 is 2.00 bits per heavy atom. The second-order valence-electron chi connectivity index (χ2n) is 7.10. The molecular weight excluding hydrogens is 385 g/mol. The van der Waals surface area contributed by atoms with E-state index in [9.17, 15) is 18.0 Å². The SMILES string of the molecule is CCn1c([C@@H](NC(=O)c2cnc(C)cn2)C2CC2)nc2cc(C(F)(F)F)ncc21. The first-order valence-corrected chi connectivity index (χ1v) is 9.30. The molecule has 0 saturated heterocycles. The molecule has 0 radical (unpaired) electrons. The molecule has 3 aromatic rings. The van der Waals surface area contributed by atoms with Gasteiger partial charge in [0.25, 0.3) is 5.91 Å². The molecule has 1 N–H and O–H groups in total. The maximum absolute atomic E-state index is 13.0. The number of amides is 1. The molecular formula is C19H19F3N6O. The summed E-state index contributed by atoms with van der Waals surface area (Å²) in [6.07, 6.45) is 1.37. The van der Waals surface area contributed by atoms with Gasteiger partial charge in [0, 0.05) is 12.7 Å². The molecule has 4 rings (SSSR count). The van der Waals surface area contributed by atoms with E-state index in [2.05, 4.69) is 25.3 Å². The van der Waals surface area contributed by atoms with Crippen LogP contribution >= 0.6 is 0 Å². The summed E-state index contributed by atoms with van der Waals surface area (Å²) in [6.45, 7) is 4.14. The molecule has 3 heterocycles. The van der Waals surface area contributed by atoms with Gasteiger partial charge in [0.15, 0.2) is 0 Å². The third-order valence-electron chi connectivity index (χ3n) is 4.94. The van der Waals surface area contributed by atoms with Gasteiger partial charge in [-0.05, 0) is 38.7 Å². The minimum atomic E-state index is -4.54. The number of pyridine rings is 1. The second kappa shape index (κ2) is 7.09. The number of aryl methyl sites for hydroxylation is 2. The van der Waals surface area contributed by atoms with E-state index in [1.807, 2.05) is 6.92 Å². The molecule has 10 heteroatoms. The molecule has 1 aliphatic carbocycles. The Bertz CT molecular complexity index is 1060. The van der Waals surface area contributed by atoms with Gasteiger partial charge < -0.3 is 9.88 Å². The molecule has 1 aliphatic rings. The Hall–Kier alpha value is -3.04. The minimum absolute atomic E-state index is 0.175. The second-order valence-corrected chi connectivity index (χ2v) is 7.10. The van der Waals surface area contributed by atoms with Gasteiger partial charge in [-0.15, -0.1) is 0 Å². The number of halogens is 3. The zero-order chi connectivity index (χ0) is 20.8. The van der Waals surface area contributed by atoms with E-state index in [0.717, 1.165) is 18.9 Å². The number of rotatable bonds is 5. The zero-order valence-corrected chi connectivity index (χ0v) is 15.9. The molecule has 0 bridgehead atoms. The molecule has 0 aliphatic heterocycles. The summed E-state index contributed by atoms with van der Waals surface area (Å²) in [7, 11) is 0. The zero-order valence-electron chi connectivity index (χ0n) is 15.9. The van der Waals surface area contributed by atoms with E-state index in [0.29, 0.717) is 23.6 Å². The highest BCUT2D eigenvalue weighted by atomic mass is 19.4. The molecule has 0 aromatic carbocycles. The van der Waals surface area contributed by atoms with Gasteiger partial charge in [-0.2, -0.15) is 13.2 Å². The van der Waals surface area contributed by atoms with Crippen LogP contribution in [0, 0.1) is 12.8 Å². The molecule has 152 valence electrons. The number of aromatic nitrogens is 5. The van der Waals surface area contributed by atoms with Crippen molar-refractivity contribution in [2.24, 2.45) is 5.92 Å². The van der Waals surface area contributed by atoms with E-state index >= 15 is 0 Å². The van der Waals surface area contributed by atoms with Gasteiger partial charge in [-0.1, -0.05) is 0 Å². The van der Waals surface area contributed by atoms with E-state index in [-0.39, 0.29) is 17.1 Å². The molecule has 0 spiro atoms.